The summed E-state index contributed by atoms with van der Waals surface area (Å²) in [4.78, 5) is 0. The lowest BCUT2D eigenvalue weighted by Gasteiger charge is -2.01. The van der Waals surface area contributed by atoms with Crippen LogP contribution in [0.1, 0.15) is 26.7 Å². The predicted molar refractivity (Wildman–Crippen MR) is 67.0 cm³/mol. The molecule has 0 aromatic carbocycles. The van der Waals surface area contributed by atoms with E-state index in [0.29, 0.717) is 11.0 Å². The second kappa shape index (κ2) is 10.2. The highest BCUT2D eigenvalue weighted by Crippen LogP contribution is 2.06. The molecule has 0 aromatic rings. The molecule has 0 atom stereocenters. The van der Waals surface area contributed by atoms with Gasteiger partial charge in [0.15, 0.2) is 0 Å². The summed E-state index contributed by atoms with van der Waals surface area (Å²) in [6.07, 6.45) is 2.18. The molecule has 74 valence electrons. The molecule has 1 nitrogen and oxygen atoms in total. The SMILES string of the molecule is CCCCOC(=S)SC#CSCC. The quantitative estimate of drug-likeness (QED) is 0.418. The number of rotatable bonds is 4. The van der Waals surface area contributed by atoms with Gasteiger partial charge < -0.3 is 4.74 Å². The van der Waals surface area contributed by atoms with Gasteiger partial charge in [0.05, 0.1) is 6.61 Å². The average Bonchev–Trinajstić information content (AvgIpc) is 2.13. The van der Waals surface area contributed by atoms with Crippen molar-refractivity contribution in [2.75, 3.05) is 12.4 Å². The van der Waals surface area contributed by atoms with Crippen molar-refractivity contribution >= 4 is 40.1 Å². The van der Waals surface area contributed by atoms with E-state index in [9.17, 15) is 0 Å². The van der Waals surface area contributed by atoms with Gasteiger partial charge in [0.25, 0.3) is 0 Å². The van der Waals surface area contributed by atoms with Gasteiger partial charge >= 0.3 is 0 Å². The number of unbranched alkanes of at least 4 members (excludes halogenated alkanes) is 1. The summed E-state index contributed by atoms with van der Waals surface area (Å²) in [6.45, 7) is 4.91. The van der Waals surface area contributed by atoms with Crippen LogP contribution in [-0.4, -0.2) is 16.7 Å². The molecule has 4 heteroatoms. The lowest BCUT2D eigenvalue weighted by Crippen LogP contribution is -1.97. The first-order chi connectivity index (χ1) is 6.31. The van der Waals surface area contributed by atoms with Crippen LogP contribution in [0.5, 0.6) is 0 Å². The minimum absolute atomic E-state index is 0.539. The zero-order chi connectivity index (χ0) is 9.94. The third-order valence-corrected chi connectivity index (χ3v) is 2.63. The van der Waals surface area contributed by atoms with Crippen molar-refractivity contribution in [1.29, 1.82) is 0 Å². The number of thiocarbonyl (C=S) groups is 1. The molecule has 0 rings (SSSR count). The Balaban J connectivity index is 3.36. The molecular weight excluding hydrogens is 220 g/mol. The number of ether oxygens (including phenoxy) is 1. The fourth-order valence-corrected chi connectivity index (χ4v) is 1.47. The molecule has 0 aromatic heterocycles. The van der Waals surface area contributed by atoms with E-state index in [1.54, 1.807) is 11.8 Å². The molecule has 0 heterocycles. The van der Waals surface area contributed by atoms with Crippen LogP contribution in [0.25, 0.3) is 0 Å². The van der Waals surface area contributed by atoms with E-state index in [1.165, 1.54) is 11.8 Å². The number of thioether (sulfide) groups is 2. The van der Waals surface area contributed by atoms with Crippen LogP contribution in [0, 0.1) is 10.5 Å². The molecule has 0 saturated heterocycles. The highest BCUT2D eigenvalue weighted by Gasteiger charge is 1.94. The van der Waals surface area contributed by atoms with Gasteiger partial charge in [-0.2, -0.15) is 0 Å². The molecule has 0 spiro atoms. The van der Waals surface area contributed by atoms with Crippen LogP contribution in [0.2, 0.25) is 0 Å². The van der Waals surface area contributed by atoms with Gasteiger partial charge in [0, 0.05) is 17.5 Å². The summed E-state index contributed by atoms with van der Waals surface area (Å²) in [7, 11) is 0. The first kappa shape index (κ1) is 13.2. The van der Waals surface area contributed by atoms with Gasteiger partial charge in [-0.1, -0.05) is 32.0 Å². The zero-order valence-corrected chi connectivity index (χ0v) is 10.4. The normalized spacial score (nSPS) is 8.77. The van der Waals surface area contributed by atoms with Crippen molar-refractivity contribution in [1.82, 2.24) is 0 Å². The first-order valence-electron chi connectivity index (χ1n) is 4.26. The molecule has 0 N–H and O–H groups in total. The highest BCUT2D eigenvalue weighted by atomic mass is 32.2. The Hall–Kier alpha value is 0.150. The lowest BCUT2D eigenvalue weighted by atomic mass is 10.4. The molecular formula is C9H14OS3. The molecule has 0 unspecified atom stereocenters. The number of hydrogen-bond acceptors (Lipinski definition) is 4. The fourth-order valence-electron chi connectivity index (χ4n) is 0.493. The molecule has 13 heavy (non-hydrogen) atoms. The van der Waals surface area contributed by atoms with Crippen LogP contribution in [0.4, 0.5) is 0 Å². The molecule has 0 saturated carbocycles. The zero-order valence-electron chi connectivity index (χ0n) is 7.96. The van der Waals surface area contributed by atoms with Crippen molar-refractivity contribution in [3.8, 4) is 10.5 Å². The van der Waals surface area contributed by atoms with E-state index in [2.05, 4.69) is 24.4 Å². The largest absolute Gasteiger partial charge is 0.478 e. The standard InChI is InChI=1S/C9H14OS3/c1-3-5-6-10-9(11)13-8-7-12-4-2/h3-6H2,1-2H3. The van der Waals surface area contributed by atoms with E-state index in [0.717, 1.165) is 18.6 Å². The van der Waals surface area contributed by atoms with Crippen molar-refractivity contribution in [2.24, 2.45) is 0 Å². The summed E-state index contributed by atoms with van der Waals surface area (Å²) in [5.74, 6) is 1.01. The maximum Gasteiger partial charge on any atom is 0.232 e. The van der Waals surface area contributed by atoms with E-state index < -0.39 is 0 Å². The van der Waals surface area contributed by atoms with Gasteiger partial charge in [-0.25, -0.2) is 0 Å². The van der Waals surface area contributed by atoms with E-state index in [-0.39, 0.29) is 0 Å². The second-order valence-corrected chi connectivity index (χ2v) is 4.67. The molecule has 0 aliphatic rings. The van der Waals surface area contributed by atoms with E-state index in [1.807, 2.05) is 0 Å². The summed E-state index contributed by atoms with van der Waals surface area (Å²) < 4.78 is 5.78. The fraction of sp³-hybridized carbons (Fsp3) is 0.667. The third-order valence-electron chi connectivity index (χ3n) is 1.11. The molecule has 0 aliphatic heterocycles. The Bertz CT molecular complexity index is 193. The third kappa shape index (κ3) is 10.1. The first-order valence-corrected chi connectivity index (χ1v) is 6.47. The molecule has 0 aliphatic carbocycles. The Kier molecular flexibility index (Phi) is 10.4. The van der Waals surface area contributed by atoms with E-state index >= 15 is 0 Å². The van der Waals surface area contributed by atoms with Crippen molar-refractivity contribution < 1.29 is 4.74 Å². The monoisotopic (exact) mass is 234 g/mol. The Morgan fingerprint density at radius 3 is 2.77 bits per heavy atom. The van der Waals surface area contributed by atoms with Crippen molar-refractivity contribution in [3.63, 3.8) is 0 Å². The van der Waals surface area contributed by atoms with Gasteiger partial charge in [-0.3, -0.25) is 0 Å². The minimum Gasteiger partial charge on any atom is -0.478 e. The highest BCUT2D eigenvalue weighted by molar-refractivity contribution is 8.26. The Morgan fingerprint density at radius 1 is 1.38 bits per heavy atom. The topological polar surface area (TPSA) is 9.23 Å². The van der Waals surface area contributed by atoms with Crippen LogP contribution in [0.15, 0.2) is 0 Å². The molecule has 0 amide bonds. The van der Waals surface area contributed by atoms with Crippen LogP contribution in [-0.2, 0) is 4.74 Å². The average molecular weight is 234 g/mol. The van der Waals surface area contributed by atoms with Gasteiger partial charge in [-0.05, 0) is 29.1 Å². The summed E-state index contributed by atoms with van der Waals surface area (Å²) in [5.41, 5.74) is 0. The van der Waals surface area contributed by atoms with Crippen LogP contribution < -0.4 is 0 Å². The second-order valence-electron chi connectivity index (χ2n) is 2.19. The maximum absolute atomic E-state index is 5.25. The molecule has 0 fully saturated rings. The Morgan fingerprint density at radius 2 is 2.15 bits per heavy atom. The molecule has 0 bridgehead atoms. The van der Waals surface area contributed by atoms with E-state index in [4.69, 9.17) is 17.0 Å². The summed E-state index contributed by atoms with van der Waals surface area (Å²) >= 11 is 7.82. The summed E-state index contributed by atoms with van der Waals surface area (Å²) in [6, 6.07) is 0. The van der Waals surface area contributed by atoms with Crippen molar-refractivity contribution in [3.05, 3.63) is 0 Å². The predicted octanol–water partition coefficient (Wildman–Crippen LogP) is 3.49. The van der Waals surface area contributed by atoms with Crippen LogP contribution >= 0.6 is 35.7 Å². The van der Waals surface area contributed by atoms with Gasteiger partial charge in [-0.15, -0.1) is 0 Å². The smallest absolute Gasteiger partial charge is 0.232 e. The van der Waals surface area contributed by atoms with Crippen molar-refractivity contribution in [2.45, 2.75) is 26.7 Å². The van der Waals surface area contributed by atoms with Gasteiger partial charge in [0.1, 0.15) is 0 Å². The Labute approximate surface area is 94.4 Å². The minimum atomic E-state index is 0.539. The molecule has 0 radical (unpaired) electrons. The lowest BCUT2D eigenvalue weighted by molar-refractivity contribution is 0.313. The van der Waals surface area contributed by atoms with Gasteiger partial charge in [0.2, 0.25) is 4.38 Å². The summed E-state index contributed by atoms with van der Waals surface area (Å²) in [5, 5.41) is 5.79. The number of hydrogen-bond donors (Lipinski definition) is 0. The maximum atomic E-state index is 5.25. The van der Waals surface area contributed by atoms with Crippen LogP contribution in [0.3, 0.4) is 0 Å².